The molecule has 19 heavy (non-hydrogen) atoms. The second-order valence-corrected chi connectivity index (χ2v) is 6.76. The number of hydrogen-bond donors (Lipinski definition) is 3. The molecule has 0 radical (unpaired) electrons. The summed E-state index contributed by atoms with van der Waals surface area (Å²) in [6, 6.07) is 1.60. The lowest BCUT2D eigenvalue weighted by Crippen LogP contribution is -2.36. The van der Waals surface area contributed by atoms with Crippen molar-refractivity contribution in [3.63, 3.8) is 0 Å². The van der Waals surface area contributed by atoms with Gasteiger partial charge < -0.3 is 5.32 Å². The first-order valence-electron chi connectivity index (χ1n) is 6.26. The zero-order valence-corrected chi connectivity index (χ0v) is 11.3. The molecule has 0 aliphatic heterocycles. The number of carbonyl (C=O) groups excluding carboxylic acids is 1. The highest BCUT2D eigenvalue weighted by Crippen LogP contribution is 2.27. The van der Waals surface area contributed by atoms with E-state index in [0.717, 1.165) is 12.8 Å². The Kier molecular flexibility index (Phi) is 4.20. The van der Waals surface area contributed by atoms with Gasteiger partial charge in [-0.15, -0.1) is 0 Å². The van der Waals surface area contributed by atoms with Crippen molar-refractivity contribution in [1.82, 2.24) is 15.5 Å². The molecule has 0 saturated heterocycles. The van der Waals surface area contributed by atoms with Crippen LogP contribution < -0.4 is 10.5 Å². The maximum absolute atomic E-state index is 11.7. The molecule has 1 aliphatic carbocycles. The molecule has 0 aromatic carbocycles. The SMILES string of the molecule is NS(=O)(=O)C1CCC(CNC(=O)c2ccn[nH]2)CC1. The van der Waals surface area contributed by atoms with Gasteiger partial charge in [0.15, 0.2) is 0 Å². The molecule has 7 nitrogen and oxygen atoms in total. The molecule has 0 unspecified atom stereocenters. The molecule has 0 spiro atoms. The number of nitrogens with one attached hydrogen (secondary N) is 2. The number of aromatic amines is 1. The van der Waals surface area contributed by atoms with E-state index in [1.807, 2.05) is 0 Å². The number of carbonyl (C=O) groups is 1. The summed E-state index contributed by atoms with van der Waals surface area (Å²) < 4.78 is 22.4. The molecule has 1 amide bonds. The smallest absolute Gasteiger partial charge is 0.269 e. The van der Waals surface area contributed by atoms with Crippen LogP contribution in [0.5, 0.6) is 0 Å². The fraction of sp³-hybridized carbons (Fsp3) is 0.636. The minimum absolute atomic E-state index is 0.189. The summed E-state index contributed by atoms with van der Waals surface area (Å²) in [5.74, 6) is 0.121. The maximum atomic E-state index is 11.7. The van der Waals surface area contributed by atoms with Crippen LogP contribution in [0.3, 0.4) is 0 Å². The lowest BCUT2D eigenvalue weighted by atomic mass is 9.89. The number of nitrogens with zero attached hydrogens (tertiary/aromatic N) is 1. The molecule has 4 N–H and O–H groups in total. The van der Waals surface area contributed by atoms with E-state index < -0.39 is 15.3 Å². The summed E-state index contributed by atoms with van der Waals surface area (Å²) in [5, 5.41) is 13.8. The van der Waals surface area contributed by atoms with Gasteiger partial charge in [0.1, 0.15) is 5.69 Å². The maximum Gasteiger partial charge on any atom is 0.269 e. The van der Waals surface area contributed by atoms with Crippen LogP contribution in [0.1, 0.15) is 36.2 Å². The zero-order chi connectivity index (χ0) is 13.9. The van der Waals surface area contributed by atoms with Gasteiger partial charge in [-0.25, -0.2) is 13.6 Å². The van der Waals surface area contributed by atoms with Crippen molar-refractivity contribution >= 4 is 15.9 Å². The second kappa shape index (κ2) is 5.70. The quantitative estimate of drug-likeness (QED) is 0.721. The molecular formula is C11H18N4O3S. The average Bonchev–Trinajstić information content (AvgIpc) is 2.89. The Morgan fingerprint density at radius 1 is 1.42 bits per heavy atom. The predicted molar refractivity (Wildman–Crippen MR) is 69.8 cm³/mol. The molecule has 8 heteroatoms. The fourth-order valence-corrected chi connectivity index (χ4v) is 3.31. The van der Waals surface area contributed by atoms with E-state index in [4.69, 9.17) is 5.14 Å². The van der Waals surface area contributed by atoms with Crippen LogP contribution in [0, 0.1) is 5.92 Å². The molecule has 2 rings (SSSR count). The van der Waals surface area contributed by atoms with Crippen molar-refractivity contribution in [2.45, 2.75) is 30.9 Å². The molecule has 0 bridgehead atoms. The summed E-state index contributed by atoms with van der Waals surface area (Å²) in [7, 11) is -3.42. The van der Waals surface area contributed by atoms with Crippen LogP contribution in [0.15, 0.2) is 12.3 Å². The standard InChI is InChI=1S/C11H18N4O3S/c12-19(17,18)9-3-1-8(2-4-9)7-13-11(16)10-5-6-14-15-10/h5-6,8-9H,1-4,7H2,(H,13,16)(H,14,15)(H2,12,17,18). The monoisotopic (exact) mass is 286 g/mol. The van der Waals surface area contributed by atoms with Gasteiger partial charge in [-0.05, 0) is 37.7 Å². The van der Waals surface area contributed by atoms with Crippen LogP contribution in [0.2, 0.25) is 0 Å². The normalized spacial score (nSPS) is 24.1. The Bertz CT molecular complexity index is 518. The van der Waals surface area contributed by atoms with E-state index in [-0.39, 0.29) is 5.91 Å². The Morgan fingerprint density at radius 2 is 2.11 bits per heavy atom. The Labute approximate surface area is 112 Å². The van der Waals surface area contributed by atoms with Crippen molar-refractivity contribution in [2.75, 3.05) is 6.54 Å². The van der Waals surface area contributed by atoms with Gasteiger partial charge in [0.25, 0.3) is 5.91 Å². The summed E-state index contributed by atoms with van der Waals surface area (Å²) in [5.41, 5.74) is 0.429. The number of sulfonamides is 1. The van der Waals surface area contributed by atoms with E-state index in [1.54, 1.807) is 6.07 Å². The van der Waals surface area contributed by atoms with Crippen molar-refractivity contribution in [3.8, 4) is 0 Å². The number of H-pyrrole nitrogens is 1. The minimum Gasteiger partial charge on any atom is -0.350 e. The number of hydrogen-bond acceptors (Lipinski definition) is 4. The fourth-order valence-electron chi connectivity index (χ4n) is 2.38. The van der Waals surface area contributed by atoms with Crippen LogP contribution in [0.4, 0.5) is 0 Å². The predicted octanol–water partition coefficient (Wildman–Crippen LogP) is -0.0132. The molecule has 1 aromatic heterocycles. The van der Waals surface area contributed by atoms with E-state index in [1.165, 1.54) is 6.20 Å². The highest BCUT2D eigenvalue weighted by Gasteiger charge is 2.28. The van der Waals surface area contributed by atoms with Gasteiger partial charge in [-0.1, -0.05) is 0 Å². The van der Waals surface area contributed by atoms with Crippen molar-refractivity contribution in [1.29, 1.82) is 0 Å². The molecule has 1 aliphatic rings. The van der Waals surface area contributed by atoms with E-state index >= 15 is 0 Å². The molecule has 106 valence electrons. The first-order chi connectivity index (χ1) is 8.97. The summed E-state index contributed by atoms with van der Waals surface area (Å²) in [6.07, 6.45) is 4.20. The highest BCUT2D eigenvalue weighted by molar-refractivity contribution is 7.89. The Balaban J connectivity index is 1.76. The van der Waals surface area contributed by atoms with Crippen LogP contribution >= 0.6 is 0 Å². The first-order valence-corrected chi connectivity index (χ1v) is 7.87. The Hall–Kier alpha value is -1.41. The molecule has 0 atom stereocenters. The largest absolute Gasteiger partial charge is 0.350 e. The third kappa shape index (κ3) is 3.77. The number of nitrogens with two attached hydrogens (primary N) is 1. The molecule has 1 heterocycles. The van der Waals surface area contributed by atoms with Crippen LogP contribution in [-0.2, 0) is 10.0 Å². The lowest BCUT2D eigenvalue weighted by Gasteiger charge is -2.27. The molecular weight excluding hydrogens is 268 g/mol. The van der Waals surface area contributed by atoms with E-state index in [2.05, 4.69) is 15.5 Å². The van der Waals surface area contributed by atoms with Gasteiger partial charge in [0.05, 0.1) is 5.25 Å². The van der Waals surface area contributed by atoms with E-state index in [9.17, 15) is 13.2 Å². The topological polar surface area (TPSA) is 118 Å². The van der Waals surface area contributed by atoms with Gasteiger partial charge in [0.2, 0.25) is 10.0 Å². The molecule has 1 aromatic rings. The molecule has 1 fully saturated rings. The number of amides is 1. The van der Waals surface area contributed by atoms with Crippen LogP contribution in [0.25, 0.3) is 0 Å². The zero-order valence-electron chi connectivity index (χ0n) is 10.5. The summed E-state index contributed by atoms with van der Waals surface area (Å²) >= 11 is 0. The van der Waals surface area contributed by atoms with Crippen molar-refractivity contribution in [3.05, 3.63) is 18.0 Å². The first kappa shape index (κ1) is 14.0. The third-order valence-corrected chi connectivity index (χ3v) is 4.96. The minimum atomic E-state index is -3.42. The second-order valence-electron chi connectivity index (χ2n) is 4.91. The lowest BCUT2D eigenvalue weighted by molar-refractivity contribution is 0.0938. The van der Waals surface area contributed by atoms with Gasteiger partial charge in [0, 0.05) is 12.7 Å². The van der Waals surface area contributed by atoms with Gasteiger partial charge in [-0.2, -0.15) is 5.10 Å². The van der Waals surface area contributed by atoms with Gasteiger partial charge in [-0.3, -0.25) is 9.89 Å². The van der Waals surface area contributed by atoms with Gasteiger partial charge >= 0.3 is 0 Å². The van der Waals surface area contributed by atoms with Crippen LogP contribution in [-0.4, -0.2) is 36.3 Å². The average molecular weight is 286 g/mol. The Morgan fingerprint density at radius 3 is 2.63 bits per heavy atom. The third-order valence-electron chi connectivity index (χ3n) is 3.56. The highest BCUT2D eigenvalue weighted by atomic mass is 32.2. The summed E-state index contributed by atoms with van der Waals surface area (Å²) in [4.78, 5) is 11.7. The number of aromatic nitrogens is 2. The van der Waals surface area contributed by atoms with Crippen molar-refractivity contribution in [2.24, 2.45) is 11.1 Å². The van der Waals surface area contributed by atoms with E-state index in [0.29, 0.717) is 31.0 Å². The summed E-state index contributed by atoms with van der Waals surface area (Å²) in [6.45, 7) is 0.551. The number of primary sulfonamides is 1. The molecule has 1 saturated carbocycles. The van der Waals surface area contributed by atoms with Crippen molar-refractivity contribution < 1.29 is 13.2 Å². The number of rotatable bonds is 4.